The molecule has 2 heterocycles. The van der Waals surface area contributed by atoms with Crippen LogP contribution in [0.5, 0.6) is 0 Å². The molecule has 0 radical (unpaired) electrons. The number of aromatic carboxylic acids is 1. The number of nitrogens with zero attached hydrogens (tertiary/aromatic N) is 3. The monoisotopic (exact) mass is 209 g/mol. The number of hydrogen-bond donors (Lipinski definition) is 1. The summed E-state index contributed by atoms with van der Waals surface area (Å²) in [7, 11) is 2.08. The highest BCUT2D eigenvalue weighted by Gasteiger charge is 2.22. The van der Waals surface area contributed by atoms with Crippen LogP contribution in [0, 0.1) is 0 Å². The largest absolute Gasteiger partial charge is 0.477 e. The fraction of sp³-hybridized carbons (Fsp3) is 0.600. The van der Waals surface area contributed by atoms with Gasteiger partial charge in [0.15, 0.2) is 0 Å². The van der Waals surface area contributed by atoms with Gasteiger partial charge in [0.25, 0.3) is 0 Å². The molecular weight excluding hydrogens is 194 g/mol. The molecule has 0 saturated carbocycles. The first-order chi connectivity index (χ1) is 7.18. The molecule has 1 aromatic rings. The van der Waals surface area contributed by atoms with E-state index < -0.39 is 5.97 Å². The normalized spacial score (nSPS) is 19.3. The Morgan fingerprint density at radius 1 is 1.53 bits per heavy atom. The molecule has 1 fully saturated rings. The fourth-order valence-corrected chi connectivity index (χ4v) is 2.01. The van der Waals surface area contributed by atoms with Crippen LogP contribution in [0.15, 0.2) is 12.3 Å². The number of rotatable bonds is 2. The Labute approximate surface area is 88.3 Å². The molecule has 1 saturated heterocycles. The van der Waals surface area contributed by atoms with Crippen molar-refractivity contribution in [1.82, 2.24) is 14.7 Å². The SMILES string of the molecule is CN1CCC(n2nccc2C(=O)O)CC1. The minimum Gasteiger partial charge on any atom is -0.477 e. The topological polar surface area (TPSA) is 58.4 Å². The summed E-state index contributed by atoms with van der Waals surface area (Å²) in [6.45, 7) is 2.01. The van der Waals surface area contributed by atoms with Crippen molar-refractivity contribution >= 4 is 5.97 Å². The van der Waals surface area contributed by atoms with Gasteiger partial charge in [-0.25, -0.2) is 4.79 Å². The zero-order valence-corrected chi connectivity index (χ0v) is 8.76. The predicted molar refractivity (Wildman–Crippen MR) is 55.0 cm³/mol. The molecule has 15 heavy (non-hydrogen) atoms. The van der Waals surface area contributed by atoms with Crippen LogP contribution in [-0.2, 0) is 0 Å². The summed E-state index contributed by atoms with van der Waals surface area (Å²) in [6.07, 6.45) is 3.50. The number of hydrogen-bond acceptors (Lipinski definition) is 3. The second-order valence-corrected chi connectivity index (χ2v) is 4.00. The van der Waals surface area contributed by atoms with Crippen molar-refractivity contribution in [3.63, 3.8) is 0 Å². The summed E-state index contributed by atoms with van der Waals surface area (Å²) in [5, 5.41) is 13.1. The van der Waals surface area contributed by atoms with Crippen LogP contribution in [0.4, 0.5) is 0 Å². The van der Waals surface area contributed by atoms with E-state index in [2.05, 4.69) is 17.0 Å². The van der Waals surface area contributed by atoms with Crippen LogP contribution in [0.2, 0.25) is 0 Å². The quantitative estimate of drug-likeness (QED) is 0.784. The van der Waals surface area contributed by atoms with Gasteiger partial charge < -0.3 is 10.0 Å². The average molecular weight is 209 g/mol. The third-order valence-electron chi connectivity index (χ3n) is 2.92. The Balaban J connectivity index is 2.15. The van der Waals surface area contributed by atoms with Crippen molar-refractivity contribution < 1.29 is 9.90 Å². The van der Waals surface area contributed by atoms with E-state index in [1.165, 1.54) is 0 Å². The Hall–Kier alpha value is -1.36. The molecule has 1 aliphatic heterocycles. The molecule has 0 aliphatic carbocycles. The van der Waals surface area contributed by atoms with Gasteiger partial charge in [0.05, 0.1) is 6.04 Å². The summed E-state index contributed by atoms with van der Waals surface area (Å²) in [6, 6.07) is 1.79. The lowest BCUT2D eigenvalue weighted by molar-refractivity contribution is 0.0676. The number of carbonyl (C=O) groups is 1. The van der Waals surface area contributed by atoms with E-state index in [1.54, 1.807) is 16.9 Å². The van der Waals surface area contributed by atoms with E-state index >= 15 is 0 Å². The van der Waals surface area contributed by atoms with Crippen molar-refractivity contribution in [3.8, 4) is 0 Å². The molecule has 0 atom stereocenters. The molecule has 1 aliphatic rings. The zero-order chi connectivity index (χ0) is 10.8. The first-order valence-electron chi connectivity index (χ1n) is 5.14. The molecule has 0 spiro atoms. The van der Waals surface area contributed by atoms with Crippen LogP contribution in [-0.4, -0.2) is 45.9 Å². The first kappa shape index (κ1) is 10.2. The fourth-order valence-electron chi connectivity index (χ4n) is 2.01. The molecule has 0 unspecified atom stereocenters. The van der Waals surface area contributed by atoms with Gasteiger partial charge in [0.1, 0.15) is 5.69 Å². The third kappa shape index (κ3) is 2.02. The van der Waals surface area contributed by atoms with E-state index in [4.69, 9.17) is 5.11 Å². The maximum atomic E-state index is 10.9. The number of carboxylic acid groups (broad SMARTS) is 1. The Morgan fingerprint density at radius 2 is 2.20 bits per heavy atom. The standard InChI is InChI=1S/C10H15N3O2/c1-12-6-3-8(4-7-12)13-9(10(14)15)2-5-11-13/h2,5,8H,3-4,6-7H2,1H3,(H,14,15). The van der Waals surface area contributed by atoms with E-state index in [0.717, 1.165) is 25.9 Å². The lowest BCUT2D eigenvalue weighted by Crippen LogP contribution is -2.32. The summed E-state index contributed by atoms with van der Waals surface area (Å²) in [5.41, 5.74) is 0.296. The molecule has 1 N–H and O–H groups in total. The van der Waals surface area contributed by atoms with Gasteiger partial charge in [-0.2, -0.15) is 5.10 Å². The maximum Gasteiger partial charge on any atom is 0.354 e. The van der Waals surface area contributed by atoms with E-state index in [-0.39, 0.29) is 6.04 Å². The van der Waals surface area contributed by atoms with E-state index in [1.807, 2.05) is 0 Å². The number of carboxylic acids is 1. The van der Waals surface area contributed by atoms with Gasteiger partial charge >= 0.3 is 5.97 Å². The summed E-state index contributed by atoms with van der Waals surface area (Å²) >= 11 is 0. The lowest BCUT2D eigenvalue weighted by atomic mass is 10.1. The Bertz CT molecular complexity index is 353. The Kier molecular flexibility index (Phi) is 2.73. The van der Waals surface area contributed by atoms with Crippen LogP contribution < -0.4 is 0 Å². The van der Waals surface area contributed by atoms with Gasteiger partial charge in [-0.05, 0) is 39.0 Å². The molecule has 0 bridgehead atoms. The van der Waals surface area contributed by atoms with Gasteiger partial charge in [0, 0.05) is 6.20 Å². The van der Waals surface area contributed by atoms with E-state index in [0.29, 0.717) is 5.69 Å². The van der Waals surface area contributed by atoms with Crippen molar-refractivity contribution in [1.29, 1.82) is 0 Å². The van der Waals surface area contributed by atoms with E-state index in [9.17, 15) is 4.79 Å². The molecule has 82 valence electrons. The van der Waals surface area contributed by atoms with Crippen LogP contribution in [0.1, 0.15) is 29.4 Å². The number of piperidine rings is 1. The van der Waals surface area contributed by atoms with Crippen molar-refractivity contribution in [3.05, 3.63) is 18.0 Å². The van der Waals surface area contributed by atoms with Crippen molar-refractivity contribution in [2.24, 2.45) is 0 Å². The molecule has 5 nitrogen and oxygen atoms in total. The van der Waals surface area contributed by atoms with Gasteiger partial charge in [0.2, 0.25) is 0 Å². The summed E-state index contributed by atoms with van der Waals surface area (Å²) in [4.78, 5) is 13.2. The molecule has 0 aromatic carbocycles. The highest BCUT2D eigenvalue weighted by Crippen LogP contribution is 2.22. The minimum atomic E-state index is -0.897. The molecular formula is C10H15N3O2. The average Bonchev–Trinajstić information content (AvgIpc) is 2.67. The lowest BCUT2D eigenvalue weighted by Gasteiger charge is -2.29. The maximum absolute atomic E-state index is 10.9. The summed E-state index contributed by atoms with van der Waals surface area (Å²) < 4.78 is 1.65. The summed E-state index contributed by atoms with van der Waals surface area (Å²) in [5.74, 6) is -0.897. The van der Waals surface area contributed by atoms with Gasteiger partial charge in [-0.3, -0.25) is 4.68 Å². The van der Waals surface area contributed by atoms with Crippen molar-refractivity contribution in [2.75, 3.05) is 20.1 Å². The highest BCUT2D eigenvalue weighted by molar-refractivity contribution is 5.85. The molecule has 5 heteroatoms. The molecule has 1 aromatic heterocycles. The predicted octanol–water partition coefficient (Wildman–Crippen LogP) is 0.848. The number of likely N-dealkylation sites (tertiary alicyclic amines) is 1. The van der Waals surface area contributed by atoms with Crippen LogP contribution in [0.25, 0.3) is 0 Å². The smallest absolute Gasteiger partial charge is 0.354 e. The molecule has 2 rings (SSSR count). The second kappa shape index (κ2) is 4.02. The zero-order valence-electron chi connectivity index (χ0n) is 8.76. The second-order valence-electron chi connectivity index (χ2n) is 4.00. The third-order valence-corrected chi connectivity index (χ3v) is 2.92. The first-order valence-corrected chi connectivity index (χ1v) is 5.14. The molecule has 0 amide bonds. The van der Waals surface area contributed by atoms with Gasteiger partial charge in [-0.1, -0.05) is 0 Å². The highest BCUT2D eigenvalue weighted by atomic mass is 16.4. The van der Waals surface area contributed by atoms with Crippen molar-refractivity contribution in [2.45, 2.75) is 18.9 Å². The van der Waals surface area contributed by atoms with Gasteiger partial charge in [-0.15, -0.1) is 0 Å². The Morgan fingerprint density at radius 3 is 2.80 bits per heavy atom. The number of aromatic nitrogens is 2. The minimum absolute atomic E-state index is 0.238. The van der Waals surface area contributed by atoms with Crippen LogP contribution in [0.3, 0.4) is 0 Å². The van der Waals surface area contributed by atoms with Crippen LogP contribution >= 0.6 is 0 Å².